The third-order valence-electron chi connectivity index (χ3n) is 1.54. The van der Waals surface area contributed by atoms with Crippen LogP contribution in [0.4, 0.5) is 8.78 Å². The van der Waals surface area contributed by atoms with Crippen LogP contribution in [0, 0.1) is 0 Å². The second-order valence-corrected chi connectivity index (χ2v) is 2.53. The molecule has 0 saturated carbocycles. The molecule has 0 aliphatic rings. The topological polar surface area (TPSA) is 72.7 Å². The summed E-state index contributed by atoms with van der Waals surface area (Å²) in [4.78, 5) is 0. The first-order valence-corrected chi connectivity index (χ1v) is 3.46. The Morgan fingerprint density at radius 2 is 1.50 bits per heavy atom. The maximum atomic E-state index is 11.7. The average molecular weight is 185 g/mol. The molecule has 4 N–H and O–H groups in total. The standard InChI is InChI=1S/C6H13F2NO3/c7-5(8)1-9-6(2-10,3-11)4-12/h5,9-12H,1-4H2. The molecule has 4 nitrogen and oxygen atoms in total. The summed E-state index contributed by atoms with van der Waals surface area (Å²) in [6.45, 7) is -2.44. The molecule has 0 aliphatic carbocycles. The van der Waals surface area contributed by atoms with Gasteiger partial charge in [-0.2, -0.15) is 0 Å². The highest BCUT2D eigenvalue weighted by Gasteiger charge is 2.28. The minimum atomic E-state index is -2.57. The lowest BCUT2D eigenvalue weighted by molar-refractivity contribution is 0.0282. The van der Waals surface area contributed by atoms with Crippen molar-refractivity contribution in [1.29, 1.82) is 0 Å². The van der Waals surface area contributed by atoms with Crippen LogP contribution >= 0.6 is 0 Å². The van der Waals surface area contributed by atoms with Crippen LogP contribution in [0.2, 0.25) is 0 Å². The van der Waals surface area contributed by atoms with Crippen LogP contribution in [0.3, 0.4) is 0 Å². The van der Waals surface area contributed by atoms with Crippen molar-refractivity contribution < 1.29 is 24.1 Å². The van der Waals surface area contributed by atoms with E-state index >= 15 is 0 Å². The Morgan fingerprint density at radius 3 is 1.75 bits per heavy atom. The van der Waals surface area contributed by atoms with Gasteiger partial charge in [0.2, 0.25) is 0 Å². The van der Waals surface area contributed by atoms with Crippen LogP contribution in [-0.4, -0.2) is 53.6 Å². The Hall–Kier alpha value is -0.300. The van der Waals surface area contributed by atoms with Gasteiger partial charge in [0.15, 0.2) is 0 Å². The predicted molar refractivity (Wildman–Crippen MR) is 38.0 cm³/mol. The highest BCUT2D eigenvalue weighted by molar-refractivity contribution is 4.86. The Kier molecular flexibility index (Phi) is 5.23. The number of aliphatic hydroxyl groups excluding tert-OH is 3. The normalized spacial score (nSPS) is 12.5. The summed E-state index contributed by atoms with van der Waals surface area (Å²) in [6.07, 6.45) is -2.57. The SMILES string of the molecule is OCC(CO)(CO)NCC(F)F. The highest BCUT2D eigenvalue weighted by atomic mass is 19.3. The quantitative estimate of drug-likeness (QED) is 0.409. The van der Waals surface area contributed by atoms with Crippen molar-refractivity contribution in [3.05, 3.63) is 0 Å². The van der Waals surface area contributed by atoms with Crippen molar-refractivity contribution in [2.24, 2.45) is 0 Å². The molecule has 0 atom stereocenters. The second-order valence-electron chi connectivity index (χ2n) is 2.53. The molecule has 0 saturated heterocycles. The third kappa shape index (κ3) is 3.40. The molecule has 0 aliphatic heterocycles. The maximum Gasteiger partial charge on any atom is 0.250 e. The molecule has 0 heterocycles. The van der Waals surface area contributed by atoms with Gasteiger partial charge in [0, 0.05) is 0 Å². The fraction of sp³-hybridized carbons (Fsp3) is 1.00. The molecule has 0 aromatic heterocycles. The number of halogens is 2. The molecule has 0 fully saturated rings. The number of aliphatic hydroxyl groups is 3. The van der Waals surface area contributed by atoms with E-state index in [1.807, 2.05) is 0 Å². The molecule has 0 unspecified atom stereocenters. The fourth-order valence-corrected chi connectivity index (χ4v) is 0.611. The summed E-state index contributed by atoms with van der Waals surface area (Å²) < 4.78 is 23.3. The first kappa shape index (κ1) is 11.7. The summed E-state index contributed by atoms with van der Waals surface area (Å²) in [7, 11) is 0. The van der Waals surface area contributed by atoms with Gasteiger partial charge in [-0.15, -0.1) is 0 Å². The monoisotopic (exact) mass is 185 g/mol. The van der Waals surface area contributed by atoms with Gasteiger partial charge in [-0.3, -0.25) is 5.32 Å². The fourth-order valence-electron chi connectivity index (χ4n) is 0.611. The van der Waals surface area contributed by atoms with Crippen molar-refractivity contribution >= 4 is 0 Å². The molecule has 0 aromatic rings. The summed E-state index contributed by atoms with van der Waals surface area (Å²) in [5.41, 5.74) is -1.41. The van der Waals surface area contributed by atoms with Gasteiger partial charge < -0.3 is 15.3 Å². The number of hydrogen-bond acceptors (Lipinski definition) is 4. The number of rotatable bonds is 6. The van der Waals surface area contributed by atoms with Crippen molar-refractivity contribution in [3.63, 3.8) is 0 Å². The zero-order valence-corrected chi connectivity index (χ0v) is 6.50. The van der Waals surface area contributed by atoms with Gasteiger partial charge in [0.1, 0.15) is 0 Å². The highest BCUT2D eigenvalue weighted by Crippen LogP contribution is 2.02. The van der Waals surface area contributed by atoms with Gasteiger partial charge in [-0.05, 0) is 0 Å². The van der Waals surface area contributed by atoms with Crippen molar-refractivity contribution in [3.8, 4) is 0 Å². The molecule has 0 amide bonds. The van der Waals surface area contributed by atoms with Crippen LogP contribution in [0.15, 0.2) is 0 Å². The molecule has 0 radical (unpaired) electrons. The van der Waals surface area contributed by atoms with E-state index in [-0.39, 0.29) is 0 Å². The zero-order valence-electron chi connectivity index (χ0n) is 6.50. The minimum absolute atomic E-state index is 0.591. The molecular weight excluding hydrogens is 172 g/mol. The lowest BCUT2D eigenvalue weighted by atomic mass is 10.0. The Labute approximate surface area is 68.8 Å². The van der Waals surface area contributed by atoms with E-state index in [2.05, 4.69) is 5.32 Å². The van der Waals surface area contributed by atoms with E-state index in [1.54, 1.807) is 0 Å². The van der Waals surface area contributed by atoms with E-state index < -0.39 is 38.3 Å². The molecule has 74 valence electrons. The predicted octanol–water partition coefficient (Wildman–Crippen LogP) is -1.44. The van der Waals surface area contributed by atoms with Gasteiger partial charge in [0.25, 0.3) is 6.43 Å². The van der Waals surface area contributed by atoms with Gasteiger partial charge in [0.05, 0.1) is 31.9 Å². The molecule has 0 rings (SSSR count). The molecule has 0 bridgehead atoms. The molecule has 6 heteroatoms. The number of hydrogen-bond donors (Lipinski definition) is 4. The molecule has 0 spiro atoms. The number of alkyl halides is 2. The van der Waals surface area contributed by atoms with Crippen LogP contribution in [-0.2, 0) is 0 Å². The summed E-state index contributed by atoms with van der Waals surface area (Å²) in [6, 6.07) is 0. The second kappa shape index (κ2) is 5.36. The Morgan fingerprint density at radius 1 is 1.08 bits per heavy atom. The van der Waals surface area contributed by atoms with Crippen LogP contribution in [0.5, 0.6) is 0 Å². The van der Waals surface area contributed by atoms with Crippen LogP contribution in [0.1, 0.15) is 0 Å². The van der Waals surface area contributed by atoms with E-state index in [1.165, 1.54) is 0 Å². The average Bonchev–Trinajstić information content (AvgIpc) is 2.08. The van der Waals surface area contributed by atoms with Crippen molar-refractivity contribution in [2.75, 3.05) is 26.4 Å². The number of nitrogens with one attached hydrogen (secondary N) is 1. The summed E-state index contributed by atoms with van der Waals surface area (Å²) in [5.74, 6) is 0. The first-order valence-electron chi connectivity index (χ1n) is 3.46. The maximum absolute atomic E-state index is 11.7. The summed E-state index contributed by atoms with van der Waals surface area (Å²) in [5, 5.41) is 28.2. The lowest BCUT2D eigenvalue weighted by Gasteiger charge is -2.28. The van der Waals surface area contributed by atoms with Gasteiger partial charge in [-0.1, -0.05) is 0 Å². The van der Waals surface area contributed by atoms with Crippen molar-refractivity contribution in [2.45, 2.75) is 12.0 Å². The third-order valence-corrected chi connectivity index (χ3v) is 1.54. The largest absolute Gasteiger partial charge is 0.394 e. The van der Waals surface area contributed by atoms with Crippen LogP contribution < -0.4 is 5.32 Å². The van der Waals surface area contributed by atoms with Crippen molar-refractivity contribution in [1.82, 2.24) is 5.32 Å². The molecular formula is C6H13F2NO3. The molecule has 0 aromatic carbocycles. The zero-order chi connectivity index (χ0) is 9.61. The van der Waals surface area contributed by atoms with E-state index in [0.29, 0.717) is 0 Å². The van der Waals surface area contributed by atoms with E-state index in [4.69, 9.17) is 15.3 Å². The smallest absolute Gasteiger partial charge is 0.250 e. The van der Waals surface area contributed by atoms with E-state index in [0.717, 1.165) is 0 Å². The van der Waals surface area contributed by atoms with Gasteiger partial charge >= 0.3 is 0 Å². The van der Waals surface area contributed by atoms with E-state index in [9.17, 15) is 8.78 Å². The minimum Gasteiger partial charge on any atom is -0.394 e. The molecule has 12 heavy (non-hydrogen) atoms. The summed E-state index contributed by atoms with van der Waals surface area (Å²) >= 11 is 0. The Bertz CT molecular complexity index is 111. The van der Waals surface area contributed by atoms with Crippen LogP contribution in [0.25, 0.3) is 0 Å². The van der Waals surface area contributed by atoms with Gasteiger partial charge in [-0.25, -0.2) is 8.78 Å². The first-order chi connectivity index (χ1) is 5.60. The lowest BCUT2D eigenvalue weighted by Crippen LogP contribution is -2.56. The Balaban J connectivity index is 3.93.